The van der Waals surface area contributed by atoms with Crippen molar-refractivity contribution in [1.82, 2.24) is 10.3 Å². The molecule has 0 unspecified atom stereocenters. The molecule has 0 aliphatic rings. The quantitative estimate of drug-likeness (QED) is 0.636. The lowest BCUT2D eigenvalue weighted by atomic mass is 10.1. The number of rotatable bonds is 6. The molecule has 0 radical (unpaired) electrons. The fraction of sp³-hybridized carbons (Fsp3) is 0.158. The molecular weight excluding hydrogens is 292 g/mol. The summed E-state index contributed by atoms with van der Waals surface area (Å²) in [4.78, 5) is 3.31. The van der Waals surface area contributed by atoms with Crippen molar-refractivity contribution >= 4 is 28.6 Å². The van der Waals surface area contributed by atoms with Crippen molar-refractivity contribution in [3.63, 3.8) is 0 Å². The van der Waals surface area contributed by atoms with E-state index in [1.54, 1.807) is 0 Å². The van der Waals surface area contributed by atoms with Gasteiger partial charge in [0.05, 0.1) is 0 Å². The number of aromatic amines is 1. The Kier molecular flexibility index (Phi) is 4.94. The Bertz CT molecular complexity index is 756. The minimum Gasteiger partial charge on any atom is -0.361 e. The highest BCUT2D eigenvalue weighted by molar-refractivity contribution is 6.30. The normalized spacial score (nSPS) is 11.5. The van der Waals surface area contributed by atoms with E-state index in [1.807, 2.05) is 24.3 Å². The summed E-state index contributed by atoms with van der Waals surface area (Å²) < 4.78 is 0. The number of H-pyrrole nitrogens is 1. The molecule has 0 bridgehead atoms. The number of fused-ring (bicyclic) bond motifs is 1. The van der Waals surface area contributed by atoms with Crippen LogP contribution in [-0.2, 0) is 6.42 Å². The first-order chi connectivity index (χ1) is 10.8. The van der Waals surface area contributed by atoms with Gasteiger partial charge in [0.25, 0.3) is 0 Å². The molecule has 3 heteroatoms. The van der Waals surface area contributed by atoms with Gasteiger partial charge in [0.2, 0.25) is 0 Å². The lowest BCUT2D eigenvalue weighted by Crippen LogP contribution is -2.16. The van der Waals surface area contributed by atoms with Gasteiger partial charge in [-0.2, -0.15) is 0 Å². The zero-order chi connectivity index (χ0) is 15.2. The molecule has 112 valence electrons. The van der Waals surface area contributed by atoms with Gasteiger partial charge < -0.3 is 10.3 Å². The second kappa shape index (κ2) is 7.30. The highest BCUT2D eigenvalue weighted by Crippen LogP contribution is 2.17. The molecule has 0 saturated heterocycles. The second-order valence-electron chi connectivity index (χ2n) is 5.27. The van der Waals surface area contributed by atoms with Crippen LogP contribution in [0.4, 0.5) is 0 Å². The first-order valence-electron chi connectivity index (χ1n) is 7.51. The number of nitrogens with one attached hydrogen (secondary N) is 2. The van der Waals surface area contributed by atoms with E-state index in [0.717, 1.165) is 24.5 Å². The van der Waals surface area contributed by atoms with Gasteiger partial charge in [0.1, 0.15) is 0 Å². The SMILES string of the molecule is Clc1ccc(C=CCNCCc2c[nH]c3ccccc23)cc1. The molecule has 0 amide bonds. The van der Waals surface area contributed by atoms with Crippen LogP contribution in [0.2, 0.25) is 5.02 Å². The standard InChI is InChI=1S/C19H19ClN2/c20-17-9-7-15(8-10-17)4-3-12-21-13-11-16-14-22-19-6-2-1-5-18(16)19/h1-10,14,21-22H,11-13H2. The molecule has 3 aromatic rings. The molecular formula is C19H19ClN2. The van der Waals surface area contributed by atoms with E-state index < -0.39 is 0 Å². The van der Waals surface area contributed by atoms with Crippen molar-refractivity contribution in [1.29, 1.82) is 0 Å². The summed E-state index contributed by atoms with van der Waals surface area (Å²) >= 11 is 5.87. The lowest BCUT2D eigenvalue weighted by molar-refractivity contribution is 0.748. The minimum atomic E-state index is 0.772. The zero-order valence-electron chi connectivity index (χ0n) is 12.4. The molecule has 0 fully saturated rings. The topological polar surface area (TPSA) is 27.8 Å². The van der Waals surface area contributed by atoms with Crippen LogP contribution in [0, 0.1) is 0 Å². The highest BCUT2D eigenvalue weighted by Gasteiger charge is 2.01. The fourth-order valence-electron chi connectivity index (χ4n) is 2.52. The van der Waals surface area contributed by atoms with E-state index in [4.69, 9.17) is 11.6 Å². The summed E-state index contributed by atoms with van der Waals surface area (Å²) in [5.41, 5.74) is 3.74. The second-order valence-corrected chi connectivity index (χ2v) is 5.70. The summed E-state index contributed by atoms with van der Waals surface area (Å²) in [7, 11) is 0. The highest BCUT2D eigenvalue weighted by atomic mass is 35.5. The van der Waals surface area contributed by atoms with Crippen molar-refractivity contribution in [2.45, 2.75) is 6.42 Å². The number of benzene rings is 2. The third-order valence-electron chi connectivity index (χ3n) is 3.69. The number of aromatic nitrogens is 1. The van der Waals surface area contributed by atoms with Crippen LogP contribution in [0.1, 0.15) is 11.1 Å². The van der Waals surface area contributed by atoms with E-state index in [-0.39, 0.29) is 0 Å². The molecule has 3 rings (SSSR count). The molecule has 22 heavy (non-hydrogen) atoms. The van der Waals surface area contributed by atoms with Gasteiger partial charge in [-0.25, -0.2) is 0 Å². The first kappa shape index (κ1) is 14.9. The van der Waals surface area contributed by atoms with Gasteiger partial charge in [0, 0.05) is 28.7 Å². The smallest absolute Gasteiger partial charge is 0.0456 e. The van der Waals surface area contributed by atoms with Crippen LogP contribution in [0.5, 0.6) is 0 Å². The molecule has 0 aliphatic heterocycles. The Hall–Kier alpha value is -2.03. The van der Waals surface area contributed by atoms with Crippen LogP contribution in [0.25, 0.3) is 17.0 Å². The van der Waals surface area contributed by atoms with E-state index in [1.165, 1.54) is 22.0 Å². The predicted molar refractivity (Wildman–Crippen MR) is 95.4 cm³/mol. The number of hydrogen-bond donors (Lipinski definition) is 2. The van der Waals surface area contributed by atoms with Gasteiger partial charge in [-0.1, -0.05) is 54.1 Å². The van der Waals surface area contributed by atoms with E-state index in [0.29, 0.717) is 0 Å². The Morgan fingerprint density at radius 1 is 1.05 bits per heavy atom. The number of hydrogen-bond acceptors (Lipinski definition) is 1. The molecule has 0 spiro atoms. The summed E-state index contributed by atoms with van der Waals surface area (Å²) in [5.74, 6) is 0. The van der Waals surface area contributed by atoms with Crippen molar-refractivity contribution in [3.05, 3.63) is 77.0 Å². The molecule has 2 nitrogen and oxygen atoms in total. The maximum atomic E-state index is 5.87. The van der Waals surface area contributed by atoms with Gasteiger partial charge in [0.15, 0.2) is 0 Å². The summed E-state index contributed by atoms with van der Waals surface area (Å²) in [5, 5.41) is 5.54. The molecule has 0 atom stereocenters. The largest absolute Gasteiger partial charge is 0.361 e. The van der Waals surface area contributed by atoms with Crippen molar-refractivity contribution in [3.8, 4) is 0 Å². The summed E-state index contributed by atoms with van der Waals surface area (Å²) in [6, 6.07) is 16.3. The summed E-state index contributed by atoms with van der Waals surface area (Å²) in [6.07, 6.45) is 7.38. The average molecular weight is 311 g/mol. The Labute approximate surface area is 135 Å². The van der Waals surface area contributed by atoms with E-state index >= 15 is 0 Å². The molecule has 0 saturated carbocycles. The van der Waals surface area contributed by atoms with Gasteiger partial charge >= 0.3 is 0 Å². The predicted octanol–water partition coefficient (Wildman–Crippen LogP) is 4.67. The van der Waals surface area contributed by atoms with Gasteiger partial charge in [-0.15, -0.1) is 0 Å². The monoisotopic (exact) mass is 310 g/mol. The van der Waals surface area contributed by atoms with E-state index in [9.17, 15) is 0 Å². The lowest BCUT2D eigenvalue weighted by Gasteiger charge is -2.01. The third-order valence-corrected chi connectivity index (χ3v) is 3.94. The van der Waals surface area contributed by atoms with Crippen LogP contribution < -0.4 is 5.32 Å². The molecule has 1 heterocycles. The minimum absolute atomic E-state index is 0.772. The van der Waals surface area contributed by atoms with E-state index in [2.05, 4.69) is 52.9 Å². The Morgan fingerprint density at radius 3 is 2.73 bits per heavy atom. The Morgan fingerprint density at radius 2 is 1.86 bits per heavy atom. The van der Waals surface area contributed by atoms with Crippen LogP contribution >= 0.6 is 11.6 Å². The fourth-order valence-corrected chi connectivity index (χ4v) is 2.64. The maximum absolute atomic E-state index is 5.87. The number of halogens is 1. The summed E-state index contributed by atoms with van der Waals surface area (Å²) in [6.45, 7) is 1.83. The van der Waals surface area contributed by atoms with Gasteiger partial charge in [-0.05, 0) is 42.3 Å². The molecule has 2 N–H and O–H groups in total. The van der Waals surface area contributed by atoms with Crippen molar-refractivity contribution in [2.75, 3.05) is 13.1 Å². The third kappa shape index (κ3) is 3.79. The maximum Gasteiger partial charge on any atom is 0.0456 e. The van der Waals surface area contributed by atoms with Crippen LogP contribution in [0.3, 0.4) is 0 Å². The molecule has 2 aromatic carbocycles. The van der Waals surface area contributed by atoms with Crippen molar-refractivity contribution < 1.29 is 0 Å². The van der Waals surface area contributed by atoms with Crippen molar-refractivity contribution in [2.24, 2.45) is 0 Å². The van der Waals surface area contributed by atoms with Gasteiger partial charge in [-0.3, -0.25) is 0 Å². The average Bonchev–Trinajstić information content (AvgIpc) is 2.96. The van der Waals surface area contributed by atoms with Crippen LogP contribution in [-0.4, -0.2) is 18.1 Å². The zero-order valence-corrected chi connectivity index (χ0v) is 13.1. The molecule has 0 aliphatic carbocycles. The van der Waals surface area contributed by atoms with Crippen LogP contribution in [0.15, 0.2) is 60.8 Å². The Balaban J connectivity index is 1.45. The first-order valence-corrected chi connectivity index (χ1v) is 7.88. The number of para-hydroxylation sites is 1. The molecule has 1 aromatic heterocycles.